The highest BCUT2D eigenvalue weighted by Crippen LogP contribution is 2.52. The summed E-state index contributed by atoms with van der Waals surface area (Å²) < 4.78 is 6.54. The van der Waals surface area contributed by atoms with Gasteiger partial charge in [-0.25, -0.2) is 0 Å². The van der Waals surface area contributed by atoms with E-state index >= 15 is 0 Å². The van der Waals surface area contributed by atoms with Crippen molar-refractivity contribution < 1.29 is 4.74 Å². The molecule has 0 saturated carbocycles. The van der Waals surface area contributed by atoms with E-state index in [2.05, 4.69) is 137 Å². The Hall–Kier alpha value is -5.28. The minimum atomic E-state index is 0.813. The topological polar surface area (TPSA) is 15.7 Å². The van der Waals surface area contributed by atoms with Crippen LogP contribution >= 0.6 is 0 Å². The molecule has 0 amide bonds. The van der Waals surface area contributed by atoms with E-state index in [4.69, 9.17) is 4.74 Å². The van der Waals surface area contributed by atoms with Gasteiger partial charge in [0.15, 0.2) is 11.5 Å². The second-order valence-electron chi connectivity index (χ2n) is 9.48. The van der Waals surface area contributed by atoms with Crippen LogP contribution in [0, 0.1) is 0 Å². The Kier molecular flexibility index (Phi) is 5.80. The van der Waals surface area contributed by atoms with Crippen LogP contribution in [-0.2, 0) is 0 Å². The van der Waals surface area contributed by atoms with Crippen molar-refractivity contribution in [3.05, 3.63) is 158 Å². The van der Waals surface area contributed by atoms with Crippen molar-refractivity contribution >= 4 is 34.1 Å². The van der Waals surface area contributed by atoms with Crippen molar-refractivity contribution in [1.29, 1.82) is 0 Å². The van der Waals surface area contributed by atoms with Crippen molar-refractivity contribution in [3.8, 4) is 22.6 Å². The molecule has 186 valence electrons. The summed E-state index contributed by atoms with van der Waals surface area (Å²) in [5, 5.41) is 0. The van der Waals surface area contributed by atoms with Gasteiger partial charge in [0.25, 0.3) is 0 Å². The first-order chi connectivity index (χ1) is 19.3. The summed E-state index contributed by atoms with van der Waals surface area (Å²) in [5.74, 6) is 1.64. The molecule has 1 aliphatic heterocycles. The highest BCUT2D eigenvalue weighted by molar-refractivity contribution is 5.89. The second kappa shape index (κ2) is 9.88. The van der Waals surface area contributed by atoms with Gasteiger partial charge in [-0.15, -0.1) is 0 Å². The lowest BCUT2D eigenvalue weighted by atomic mass is 10.0. The van der Waals surface area contributed by atoms with Gasteiger partial charge >= 0.3 is 0 Å². The zero-order valence-corrected chi connectivity index (χ0v) is 21.3. The Morgan fingerprint density at radius 3 is 1.72 bits per heavy atom. The third-order valence-electron chi connectivity index (χ3n) is 7.01. The van der Waals surface area contributed by atoms with Crippen molar-refractivity contribution in [2.45, 2.75) is 0 Å². The summed E-state index contributed by atoms with van der Waals surface area (Å²) in [7, 11) is 0. The molecule has 1 heterocycles. The van der Waals surface area contributed by atoms with Crippen molar-refractivity contribution in [1.82, 2.24) is 0 Å². The van der Waals surface area contributed by atoms with E-state index in [1.54, 1.807) is 0 Å². The van der Waals surface area contributed by atoms with E-state index in [9.17, 15) is 0 Å². The molecule has 0 atom stereocenters. The first-order valence-electron chi connectivity index (χ1n) is 13.1. The maximum Gasteiger partial charge on any atom is 0.153 e. The van der Waals surface area contributed by atoms with Gasteiger partial charge in [0.2, 0.25) is 0 Å². The normalized spacial score (nSPS) is 11.7. The lowest BCUT2D eigenvalue weighted by Crippen LogP contribution is -2.17. The van der Waals surface area contributed by atoms with Gasteiger partial charge in [-0.2, -0.15) is 0 Å². The summed E-state index contributed by atoms with van der Waals surface area (Å²) in [6.07, 6.45) is 0. The Labute approximate surface area is 228 Å². The van der Waals surface area contributed by atoms with Crippen molar-refractivity contribution in [3.63, 3.8) is 0 Å². The molecule has 1 aliphatic rings. The molecule has 3 nitrogen and oxygen atoms in total. The fourth-order valence-electron chi connectivity index (χ4n) is 5.22. The number of anilines is 6. The molecule has 0 saturated heterocycles. The zero-order chi connectivity index (χ0) is 26.0. The molecule has 0 aliphatic carbocycles. The van der Waals surface area contributed by atoms with Crippen LogP contribution < -0.4 is 14.5 Å². The van der Waals surface area contributed by atoms with Crippen LogP contribution in [0.5, 0.6) is 11.5 Å². The van der Waals surface area contributed by atoms with Gasteiger partial charge in [-0.3, -0.25) is 0 Å². The number of hydrogen-bond acceptors (Lipinski definition) is 3. The standard InChI is InChI=1S/C36H26N2O/c1-4-13-27(14-5-1)28-15-12-20-31(25-28)38-33-21-10-11-22-35(33)39-36-26-32(23-24-34(36)38)37(29-16-6-2-7-17-29)30-18-8-3-9-19-30/h1-26H. The van der Waals surface area contributed by atoms with Gasteiger partial charge in [-0.05, 0) is 71.8 Å². The second-order valence-corrected chi connectivity index (χ2v) is 9.48. The monoisotopic (exact) mass is 502 g/mol. The lowest BCUT2D eigenvalue weighted by Gasteiger charge is -2.34. The average molecular weight is 503 g/mol. The molecule has 0 aromatic heterocycles. The van der Waals surface area contributed by atoms with Crippen molar-refractivity contribution in [2.75, 3.05) is 9.80 Å². The number of nitrogens with zero attached hydrogens (tertiary/aromatic N) is 2. The van der Waals surface area contributed by atoms with Gasteiger partial charge in [0.05, 0.1) is 11.4 Å². The first-order valence-corrected chi connectivity index (χ1v) is 13.1. The molecule has 0 radical (unpaired) electrons. The Balaban J connectivity index is 1.37. The summed E-state index contributed by atoms with van der Waals surface area (Å²) in [5.41, 5.74) is 8.69. The average Bonchev–Trinajstić information content (AvgIpc) is 3.01. The molecule has 3 heteroatoms. The van der Waals surface area contributed by atoms with Crippen LogP contribution in [-0.4, -0.2) is 0 Å². The van der Waals surface area contributed by atoms with Crippen LogP contribution in [0.25, 0.3) is 11.1 Å². The molecule has 6 aromatic carbocycles. The highest BCUT2D eigenvalue weighted by Gasteiger charge is 2.27. The maximum absolute atomic E-state index is 6.54. The van der Waals surface area contributed by atoms with E-state index in [1.807, 2.05) is 30.3 Å². The third-order valence-corrected chi connectivity index (χ3v) is 7.01. The van der Waals surface area contributed by atoms with E-state index in [-0.39, 0.29) is 0 Å². The molecule has 0 N–H and O–H groups in total. The van der Waals surface area contributed by atoms with Gasteiger partial charge < -0.3 is 14.5 Å². The minimum Gasteiger partial charge on any atom is -0.453 e. The summed E-state index contributed by atoms with van der Waals surface area (Å²) in [6, 6.07) is 54.7. The molecule has 0 fully saturated rings. The number of fused-ring (bicyclic) bond motifs is 2. The first kappa shape index (κ1) is 22.9. The minimum absolute atomic E-state index is 0.813. The van der Waals surface area contributed by atoms with Crippen LogP contribution in [0.15, 0.2) is 158 Å². The number of benzene rings is 6. The van der Waals surface area contributed by atoms with E-state index < -0.39 is 0 Å². The highest BCUT2D eigenvalue weighted by atomic mass is 16.5. The van der Waals surface area contributed by atoms with Crippen LogP contribution in [0.2, 0.25) is 0 Å². The predicted molar refractivity (Wildman–Crippen MR) is 161 cm³/mol. The largest absolute Gasteiger partial charge is 0.453 e. The van der Waals surface area contributed by atoms with E-state index in [1.165, 1.54) is 11.1 Å². The Morgan fingerprint density at radius 2 is 1.00 bits per heavy atom. The fraction of sp³-hybridized carbons (Fsp3) is 0. The van der Waals surface area contributed by atoms with Crippen LogP contribution in [0.3, 0.4) is 0 Å². The van der Waals surface area contributed by atoms with Crippen LogP contribution in [0.4, 0.5) is 34.1 Å². The van der Waals surface area contributed by atoms with Gasteiger partial charge in [0, 0.05) is 28.8 Å². The lowest BCUT2D eigenvalue weighted by molar-refractivity contribution is 0.477. The maximum atomic E-state index is 6.54. The third kappa shape index (κ3) is 4.30. The van der Waals surface area contributed by atoms with Gasteiger partial charge in [0.1, 0.15) is 0 Å². The van der Waals surface area contributed by atoms with Crippen molar-refractivity contribution in [2.24, 2.45) is 0 Å². The SMILES string of the molecule is c1ccc(-c2cccc(N3c4ccccc4Oc4cc(N(c5ccccc5)c5ccccc5)ccc43)c2)cc1. The molecule has 7 rings (SSSR count). The molecule has 0 unspecified atom stereocenters. The number of ether oxygens (including phenoxy) is 1. The zero-order valence-electron chi connectivity index (χ0n) is 21.3. The smallest absolute Gasteiger partial charge is 0.153 e. The molecule has 6 aromatic rings. The molecular weight excluding hydrogens is 476 g/mol. The van der Waals surface area contributed by atoms with E-state index in [0.29, 0.717) is 0 Å². The fourth-order valence-corrected chi connectivity index (χ4v) is 5.22. The molecule has 39 heavy (non-hydrogen) atoms. The number of hydrogen-bond donors (Lipinski definition) is 0. The van der Waals surface area contributed by atoms with Crippen LogP contribution in [0.1, 0.15) is 0 Å². The van der Waals surface area contributed by atoms with E-state index in [0.717, 1.165) is 45.6 Å². The summed E-state index contributed by atoms with van der Waals surface area (Å²) >= 11 is 0. The number of rotatable bonds is 5. The quantitative estimate of drug-likeness (QED) is 0.233. The molecule has 0 bridgehead atoms. The molecular formula is C36H26N2O. The Bertz CT molecular complexity index is 1690. The summed E-state index contributed by atoms with van der Waals surface area (Å²) in [6.45, 7) is 0. The Morgan fingerprint density at radius 1 is 0.410 bits per heavy atom. The summed E-state index contributed by atoms with van der Waals surface area (Å²) in [4.78, 5) is 4.55. The predicted octanol–water partition coefficient (Wildman–Crippen LogP) is 10.4. The molecule has 0 spiro atoms. The number of para-hydroxylation sites is 4. The van der Waals surface area contributed by atoms with Gasteiger partial charge in [-0.1, -0.05) is 91.0 Å².